The van der Waals surface area contributed by atoms with Gasteiger partial charge in [0.2, 0.25) is 0 Å². The Labute approximate surface area is 181 Å². The van der Waals surface area contributed by atoms with E-state index >= 15 is 0 Å². The highest BCUT2D eigenvalue weighted by molar-refractivity contribution is 5.92. The van der Waals surface area contributed by atoms with Crippen molar-refractivity contribution in [1.29, 1.82) is 0 Å². The molecule has 0 aliphatic carbocycles. The number of ether oxygens (including phenoxy) is 1. The SMILES string of the molecule is O=C(NCCCN1CCN(c2ccccc2F)CC1)c1cc(CN2CCOCC2)on1. The molecule has 31 heavy (non-hydrogen) atoms. The Morgan fingerprint density at radius 1 is 1.06 bits per heavy atom. The molecule has 3 heterocycles. The van der Waals surface area contributed by atoms with E-state index < -0.39 is 0 Å². The van der Waals surface area contributed by atoms with Crippen molar-refractivity contribution in [3.05, 3.63) is 47.6 Å². The van der Waals surface area contributed by atoms with Gasteiger partial charge in [-0.2, -0.15) is 0 Å². The molecule has 0 atom stereocenters. The summed E-state index contributed by atoms with van der Waals surface area (Å²) in [6.07, 6.45) is 0.851. The zero-order chi connectivity index (χ0) is 21.5. The van der Waals surface area contributed by atoms with Crippen molar-refractivity contribution in [3.8, 4) is 0 Å². The molecule has 1 aromatic carbocycles. The predicted octanol–water partition coefficient (Wildman–Crippen LogP) is 1.59. The fraction of sp³-hybridized carbons (Fsp3) is 0.545. The zero-order valence-corrected chi connectivity index (χ0v) is 17.8. The predicted molar refractivity (Wildman–Crippen MR) is 115 cm³/mol. The topological polar surface area (TPSA) is 74.1 Å². The minimum Gasteiger partial charge on any atom is -0.379 e. The highest BCUT2D eigenvalue weighted by atomic mass is 19.1. The van der Waals surface area contributed by atoms with Gasteiger partial charge in [0, 0.05) is 51.9 Å². The van der Waals surface area contributed by atoms with Crippen molar-refractivity contribution < 1.29 is 18.4 Å². The Kier molecular flexibility index (Phi) is 7.50. The number of hydrogen-bond donors (Lipinski definition) is 1. The van der Waals surface area contributed by atoms with Gasteiger partial charge >= 0.3 is 0 Å². The van der Waals surface area contributed by atoms with Gasteiger partial charge in [-0.1, -0.05) is 17.3 Å². The number of amides is 1. The smallest absolute Gasteiger partial charge is 0.273 e. The highest BCUT2D eigenvalue weighted by Gasteiger charge is 2.19. The lowest BCUT2D eigenvalue weighted by Crippen LogP contribution is -2.47. The first-order chi connectivity index (χ1) is 15.2. The zero-order valence-electron chi connectivity index (χ0n) is 17.8. The molecule has 2 aliphatic rings. The van der Waals surface area contributed by atoms with Gasteiger partial charge in [0.05, 0.1) is 25.4 Å². The summed E-state index contributed by atoms with van der Waals surface area (Å²) >= 11 is 0. The Morgan fingerprint density at radius 2 is 1.84 bits per heavy atom. The molecular formula is C22H30FN5O3. The van der Waals surface area contributed by atoms with Gasteiger partial charge in [0.1, 0.15) is 5.82 Å². The largest absolute Gasteiger partial charge is 0.379 e. The fourth-order valence-corrected chi connectivity index (χ4v) is 3.99. The summed E-state index contributed by atoms with van der Waals surface area (Å²) in [4.78, 5) is 19.0. The minimum absolute atomic E-state index is 0.167. The molecule has 4 rings (SSSR count). The molecule has 168 valence electrons. The third kappa shape index (κ3) is 6.03. The molecule has 2 aromatic rings. The van der Waals surface area contributed by atoms with Gasteiger partial charge in [-0.05, 0) is 25.1 Å². The maximum absolute atomic E-state index is 13.9. The second-order valence-corrected chi connectivity index (χ2v) is 7.96. The Bertz CT molecular complexity index is 847. The average Bonchev–Trinajstić information content (AvgIpc) is 3.27. The summed E-state index contributed by atoms with van der Waals surface area (Å²) in [6, 6.07) is 8.63. The van der Waals surface area contributed by atoms with Gasteiger partial charge in [-0.25, -0.2) is 4.39 Å². The minimum atomic E-state index is -0.207. The molecule has 1 aromatic heterocycles. The van der Waals surface area contributed by atoms with Crippen molar-refractivity contribution in [2.45, 2.75) is 13.0 Å². The van der Waals surface area contributed by atoms with E-state index in [1.165, 1.54) is 6.07 Å². The van der Waals surface area contributed by atoms with Crippen LogP contribution in [0.5, 0.6) is 0 Å². The van der Waals surface area contributed by atoms with Crippen LogP contribution in [0.4, 0.5) is 10.1 Å². The van der Waals surface area contributed by atoms with Crippen LogP contribution in [0.3, 0.4) is 0 Å². The molecule has 2 fully saturated rings. The molecule has 8 nitrogen and oxygen atoms in total. The van der Waals surface area contributed by atoms with Crippen LogP contribution in [0.1, 0.15) is 22.7 Å². The number of nitrogens with one attached hydrogen (secondary N) is 1. The number of carbonyl (C=O) groups excluding carboxylic acids is 1. The number of carbonyl (C=O) groups is 1. The van der Waals surface area contributed by atoms with Crippen LogP contribution in [-0.2, 0) is 11.3 Å². The standard InChI is InChI=1S/C22H30FN5O3/c23-19-4-1-2-5-21(19)28-10-8-26(9-11-28)7-3-6-24-22(29)20-16-18(31-25-20)17-27-12-14-30-15-13-27/h1-2,4-5,16H,3,6-15,17H2,(H,24,29). The molecule has 0 bridgehead atoms. The number of morpholine rings is 1. The molecular weight excluding hydrogens is 401 g/mol. The summed E-state index contributed by atoms with van der Waals surface area (Å²) in [7, 11) is 0. The lowest BCUT2D eigenvalue weighted by atomic mass is 10.2. The Balaban J connectivity index is 1.13. The lowest BCUT2D eigenvalue weighted by molar-refractivity contribution is 0.0305. The van der Waals surface area contributed by atoms with Crippen LogP contribution in [0.15, 0.2) is 34.9 Å². The maximum Gasteiger partial charge on any atom is 0.273 e. The van der Waals surface area contributed by atoms with Gasteiger partial charge in [-0.3, -0.25) is 14.6 Å². The summed E-state index contributed by atoms with van der Waals surface area (Å²) in [5, 5.41) is 6.82. The van der Waals surface area contributed by atoms with Crippen molar-refractivity contribution >= 4 is 11.6 Å². The van der Waals surface area contributed by atoms with E-state index in [-0.39, 0.29) is 11.7 Å². The van der Waals surface area contributed by atoms with Gasteiger partial charge in [-0.15, -0.1) is 0 Å². The number of anilines is 1. The molecule has 9 heteroatoms. The highest BCUT2D eigenvalue weighted by Crippen LogP contribution is 2.20. The number of nitrogens with zero attached hydrogens (tertiary/aromatic N) is 4. The first-order valence-electron chi connectivity index (χ1n) is 10.9. The van der Waals surface area contributed by atoms with E-state index in [9.17, 15) is 9.18 Å². The van der Waals surface area contributed by atoms with E-state index in [0.29, 0.717) is 30.2 Å². The Morgan fingerprint density at radius 3 is 2.61 bits per heavy atom. The first kappa shape index (κ1) is 21.7. The number of hydrogen-bond acceptors (Lipinski definition) is 7. The maximum atomic E-state index is 13.9. The molecule has 2 aliphatic heterocycles. The van der Waals surface area contributed by atoms with E-state index in [0.717, 1.165) is 65.4 Å². The second-order valence-electron chi connectivity index (χ2n) is 7.96. The molecule has 1 N–H and O–H groups in total. The fourth-order valence-electron chi connectivity index (χ4n) is 3.99. The van der Waals surface area contributed by atoms with E-state index in [1.807, 2.05) is 12.1 Å². The number of rotatable bonds is 8. The quantitative estimate of drug-likeness (QED) is 0.637. The third-order valence-electron chi connectivity index (χ3n) is 5.78. The number of halogens is 1. The number of benzene rings is 1. The third-order valence-corrected chi connectivity index (χ3v) is 5.78. The number of para-hydroxylation sites is 1. The average molecular weight is 432 g/mol. The van der Waals surface area contributed by atoms with Gasteiger partial charge in [0.15, 0.2) is 11.5 Å². The normalized spacial score (nSPS) is 18.3. The number of piperazine rings is 1. The van der Waals surface area contributed by atoms with Crippen LogP contribution in [-0.4, -0.2) is 86.4 Å². The van der Waals surface area contributed by atoms with Crippen LogP contribution in [0.25, 0.3) is 0 Å². The van der Waals surface area contributed by atoms with Crippen LogP contribution < -0.4 is 10.2 Å². The molecule has 1 amide bonds. The molecule has 0 saturated carbocycles. The summed E-state index contributed by atoms with van der Waals surface area (Å²) in [6.45, 7) is 8.66. The van der Waals surface area contributed by atoms with E-state index in [4.69, 9.17) is 9.26 Å². The lowest BCUT2D eigenvalue weighted by Gasteiger charge is -2.36. The second kappa shape index (κ2) is 10.7. The van der Waals surface area contributed by atoms with Crippen LogP contribution in [0.2, 0.25) is 0 Å². The number of aromatic nitrogens is 1. The van der Waals surface area contributed by atoms with Gasteiger partial charge in [0.25, 0.3) is 5.91 Å². The van der Waals surface area contributed by atoms with Gasteiger partial charge < -0.3 is 19.5 Å². The summed E-state index contributed by atoms with van der Waals surface area (Å²) < 4.78 is 24.6. The van der Waals surface area contributed by atoms with E-state index in [2.05, 4.69) is 25.2 Å². The monoisotopic (exact) mass is 431 g/mol. The molecule has 2 saturated heterocycles. The van der Waals surface area contributed by atoms with Crippen molar-refractivity contribution in [3.63, 3.8) is 0 Å². The summed E-state index contributed by atoms with van der Waals surface area (Å²) in [5.41, 5.74) is 0.997. The molecule has 0 radical (unpaired) electrons. The first-order valence-corrected chi connectivity index (χ1v) is 10.9. The van der Waals surface area contributed by atoms with Crippen LogP contribution >= 0.6 is 0 Å². The molecule has 0 spiro atoms. The van der Waals surface area contributed by atoms with Crippen LogP contribution in [0, 0.1) is 5.82 Å². The van der Waals surface area contributed by atoms with Crippen molar-refractivity contribution in [1.82, 2.24) is 20.3 Å². The van der Waals surface area contributed by atoms with Crippen molar-refractivity contribution in [2.24, 2.45) is 0 Å². The summed E-state index contributed by atoms with van der Waals surface area (Å²) in [5.74, 6) is 0.320. The van der Waals surface area contributed by atoms with E-state index in [1.54, 1.807) is 12.1 Å². The van der Waals surface area contributed by atoms with Crippen molar-refractivity contribution in [2.75, 3.05) is 70.5 Å². The molecule has 0 unspecified atom stereocenters. The Hall–Kier alpha value is -2.49.